The largest absolute Gasteiger partial charge is 0.496 e. The monoisotopic (exact) mass is 168 g/mol. The van der Waals surface area contributed by atoms with Crippen molar-refractivity contribution in [3.63, 3.8) is 0 Å². The third-order valence-electron chi connectivity index (χ3n) is 1.57. The molecule has 1 nitrogen and oxygen atoms in total. The molecule has 1 aromatic carbocycles. The molecule has 0 unspecified atom stereocenters. The zero-order valence-electron chi connectivity index (χ0n) is 7.16. The molecule has 0 aliphatic rings. The lowest BCUT2D eigenvalue weighted by Gasteiger charge is -2.10. The summed E-state index contributed by atoms with van der Waals surface area (Å²) in [5, 5.41) is 1.34. The standard InChI is InChI=1S/C9H13OP/c1-10-8-6-4-5-7-9(8)11(2)3/h4-7H,1-3H3. The van der Waals surface area contributed by atoms with Gasteiger partial charge < -0.3 is 4.74 Å². The van der Waals surface area contributed by atoms with Gasteiger partial charge in [-0.3, -0.25) is 0 Å². The highest BCUT2D eigenvalue weighted by atomic mass is 31.1. The van der Waals surface area contributed by atoms with Crippen molar-refractivity contribution >= 4 is 13.2 Å². The van der Waals surface area contributed by atoms with Gasteiger partial charge in [-0.2, -0.15) is 0 Å². The van der Waals surface area contributed by atoms with E-state index >= 15 is 0 Å². The Bertz CT molecular complexity index is 233. The quantitative estimate of drug-likeness (QED) is 0.614. The number of benzene rings is 1. The summed E-state index contributed by atoms with van der Waals surface area (Å²) >= 11 is 0. The predicted molar refractivity (Wildman–Crippen MR) is 51.4 cm³/mol. The maximum absolute atomic E-state index is 5.22. The first-order valence-corrected chi connectivity index (χ1v) is 5.79. The fraction of sp³-hybridized carbons (Fsp3) is 0.333. The fourth-order valence-corrected chi connectivity index (χ4v) is 1.99. The molecule has 0 saturated carbocycles. The van der Waals surface area contributed by atoms with E-state index in [9.17, 15) is 0 Å². The van der Waals surface area contributed by atoms with Crippen LogP contribution in [0.5, 0.6) is 5.75 Å². The molecule has 0 saturated heterocycles. The van der Waals surface area contributed by atoms with Crippen LogP contribution in [-0.2, 0) is 0 Å². The van der Waals surface area contributed by atoms with Crippen LogP contribution in [0, 0.1) is 0 Å². The van der Waals surface area contributed by atoms with Crippen LogP contribution in [0.3, 0.4) is 0 Å². The van der Waals surface area contributed by atoms with Crippen LogP contribution in [0.25, 0.3) is 0 Å². The Hall–Kier alpha value is -0.550. The fourth-order valence-electron chi connectivity index (χ4n) is 0.999. The Labute approximate surface area is 69.1 Å². The second-order valence-corrected chi connectivity index (χ2v) is 4.84. The minimum absolute atomic E-state index is 0.0472. The van der Waals surface area contributed by atoms with E-state index in [0.717, 1.165) is 5.75 Å². The molecule has 0 aliphatic heterocycles. The number of para-hydroxylation sites is 1. The molecule has 1 rings (SSSR count). The Morgan fingerprint density at radius 1 is 1.18 bits per heavy atom. The lowest BCUT2D eigenvalue weighted by Crippen LogP contribution is -2.03. The highest BCUT2D eigenvalue weighted by Crippen LogP contribution is 2.28. The SMILES string of the molecule is COc1ccccc1P(C)C. The molecule has 0 heterocycles. The van der Waals surface area contributed by atoms with Crippen molar-refractivity contribution < 1.29 is 4.74 Å². The van der Waals surface area contributed by atoms with Crippen molar-refractivity contribution in [3.8, 4) is 5.75 Å². The summed E-state index contributed by atoms with van der Waals surface area (Å²) in [5.41, 5.74) is 0. The Kier molecular flexibility index (Phi) is 2.90. The molecule has 0 fully saturated rings. The third kappa shape index (κ3) is 1.94. The Morgan fingerprint density at radius 3 is 2.27 bits per heavy atom. The van der Waals surface area contributed by atoms with Crippen LogP contribution < -0.4 is 10.0 Å². The number of hydrogen-bond acceptors (Lipinski definition) is 1. The molecule has 0 bridgehead atoms. The van der Waals surface area contributed by atoms with Crippen LogP contribution >= 0.6 is 7.92 Å². The zero-order chi connectivity index (χ0) is 8.27. The van der Waals surface area contributed by atoms with Crippen LogP contribution in [0.1, 0.15) is 0 Å². The van der Waals surface area contributed by atoms with Crippen LogP contribution in [-0.4, -0.2) is 20.4 Å². The molecule has 0 aliphatic carbocycles. The smallest absolute Gasteiger partial charge is 0.126 e. The topological polar surface area (TPSA) is 9.23 Å². The van der Waals surface area contributed by atoms with Crippen molar-refractivity contribution in [2.75, 3.05) is 20.4 Å². The maximum Gasteiger partial charge on any atom is 0.126 e. The lowest BCUT2D eigenvalue weighted by molar-refractivity contribution is 0.418. The lowest BCUT2D eigenvalue weighted by atomic mass is 10.3. The molecule has 0 atom stereocenters. The van der Waals surface area contributed by atoms with Crippen LogP contribution in [0.15, 0.2) is 24.3 Å². The van der Waals surface area contributed by atoms with Crippen LogP contribution in [0.4, 0.5) is 0 Å². The van der Waals surface area contributed by atoms with Gasteiger partial charge in [0.1, 0.15) is 5.75 Å². The van der Waals surface area contributed by atoms with Crippen molar-refractivity contribution in [2.24, 2.45) is 0 Å². The summed E-state index contributed by atoms with van der Waals surface area (Å²) in [6.07, 6.45) is 0. The van der Waals surface area contributed by atoms with Crippen molar-refractivity contribution in [2.45, 2.75) is 0 Å². The average molecular weight is 168 g/mol. The van der Waals surface area contributed by atoms with Crippen molar-refractivity contribution in [3.05, 3.63) is 24.3 Å². The van der Waals surface area contributed by atoms with E-state index in [0.29, 0.717) is 0 Å². The minimum atomic E-state index is -0.0472. The molecule has 11 heavy (non-hydrogen) atoms. The maximum atomic E-state index is 5.22. The molecule has 1 aromatic rings. The third-order valence-corrected chi connectivity index (χ3v) is 2.90. The highest BCUT2D eigenvalue weighted by molar-refractivity contribution is 7.64. The molecule has 0 aromatic heterocycles. The van der Waals surface area contributed by atoms with E-state index < -0.39 is 0 Å². The number of rotatable bonds is 2. The predicted octanol–water partition coefficient (Wildman–Crippen LogP) is 2.06. The van der Waals surface area contributed by atoms with Crippen molar-refractivity contribution in [1.82, 2.24) is 0 Å². The first kappa shape index (κ1) is 8.55. The normalized spacial score (nSPS) is 10.2. The van der Waals surface area contributed by atoms with E-state index in [1.165, 1.54) is 5.30 Å². The van der Waals surface area contributed by atoms with Gasteiger partial charge in [-0.1, -0.05) is 26.1 Å². The Balaban J connectivity index is 3.02. The molecular weight excluding hydrogens is 155 g/mol. The molecule has 0 spiro atoms. The number of hydrogen-bond donors (Lipinski definition) is 0. The molecule has 0 N–H and O–H groups in total. The van der Waals surface area contributed by atoms with E-state index in [1.807, 2.05) is 12.1 Å². The summed E-state index contributed by atoms with van der Waals surface area (Å²) in [6.45, 7) is 4.46. The summed E-state index contributed by atoms with van der Waals surface area (Å²) < 4.78 is 5.22. The van der Waals surface area contributed by atoms with Gasteiger partial charge in [-0.25, -0.2) is 0 Å². The van der Waals surface area contributed by atoms with Gasteiger partial charge in [0.2, 0.25) is 0 Å². The first-order valence-electron chi connectivity index (χ1n) is 3.56. The van der Waals surface area contributed by atoms with E-state index in [2.05, 4.69) is 25.5 Å². The van der Waals surface area contributed by atoms with E-state index in [4.69, 9.17) is 4.74 Å². The first-order chi connectivity index (χ1) is 5.25. The average Bonchev–Trinajstić information content (AvgIpc) is 2.04. The summed E-state index contributed by atoms with van der Waals surface area (Å²) in [4.78, 5) is 0. The number of ether oxygens (including phenoxy) is 1. The second kappa shape index (κ2) is 3.73. The molecular formula is C9H13OP. The van der Waals surface area contributed by atoms with E-state index in [1.54, 1.807) is 7.11 Å². The van der Waals surface area contributed by atoms with Gasteiger partial charge in [0.05, 0.1) is 7.11 Å². The minimum Gasteiger partial charge on any atom is -0.496 e. The molecule has 60 valence electrons. The van der Waals surface area contributed by atoms with Gasteiger partial charge in [0.25, 0.3) is 0 Å². The van der Waals surface area contributed by atoms with Gasteiger partial charge in [-0.15, -0.1) is 0 Å². The Morgan fingerprint density at radius 2 is 1.82 bits per heavy atom. The summed E-state index contributed by atoms with van der Waals surface area (Å²) in [6, 6.07) is 8.20. The van der Waals surface area contributed by atoms with Gasteiger partial charge >= 0.3 is 0 Å². The molecule has 0 radical (unpaired) electrons. The van der Waals surface area contributed by atoms with Gasteiger partial charge in [0, 0.05) is 5.30 Å². The van der Waals surface area contributed by atoms with Gasteiger partial charge in [0.15, 0.2) is 0 Å². The van der Waals surface area contributed by atoms with Gasteiger partial charge in [-0.05, 0) is 19.4 Å². The zero-order valence-corrected chi connectivity index (χ0v) is 8.06. The van der Waals surface area contributed by atoms with E-state index in [-0.39, 0.29) is 7.92 Å². The second-order valence-electron chi connectivity index (χ2n) is 2.57. The highest BCUT2D eigenvalue weighted by Gasteiger charge is 2.03. The molecule has 2 heteroatoms. The van der Waals surface area contributed by atoms with Crippen LogP contribution in [0.2, 0.25) is 0 Å². The summed E-state index contributed by atoms with van der Waals surface area (Å²) in [5.74, 6) is 1.02. The van der Waals surface area contributed by atoms with Crippen molar-refractivity contribution in [1.29, 1.82) is 0 Å². The summed E-state index contributed by atoms with van der Waals surface area (Å²) in [7, 11) is 1.67. The molecule has 0 amide bonds. The number of methoxy groups -OCH3 is 1.